The van der Waals surface area contributed by atoms with Crippen molar-refractivity contribution in [3.8, 4) is 0 Å². The van der Waals surface area contributed by atoms with Crippen LogP contribution in [0.25, 0.3) is 0 Å². The number of nitrogens with one attached hydrogen (secondary N) is 2. The van der Waals surface area contributed by atoms with Gasteiger partial charge in [-0.3, -0.25) is 4.79 Å². The zero-order valence-electron chi connectivity index (χ0n) is 13.6. The zero-order chi connectivity index (χ0) is 16.1. The fraction of sp³-hybridized carbons (Fsp3) is 0.350. The molecule has 2 unspecified atom stereocenters. The number of carbonyl (C=O) groups excluding carboxylic acids is 1. The fourth-order valence-electron chi connectivity index (χ4n) is 3.20. The van der Waals surface area contributed by atoms with Crippen LogP contribution in [0.15, 0.2) is 54.6 Å². The molecule has 2 aromatic rings. The third-order valence-electron chi connectivity index (χ3n) is 4.58. The molecule has 3 nitrogen and oxygen atoms in total. The van der Waals surface area contributed by atoms with Gasteiger partial charge in [-0.05, 0) is 49.9 Å². The minimum Gasteiger partial charge on any atom is -0.348 e. The number of amides is 1. The summed E-state index contributed by atoms with van der Waals surface area (Å²) in [5.41, 5.74) is 3.09. The maximum absolute atomic E-state index is 12.7. The summed E-state index contributed by atoms with van der Waals surface area (Å²) in [5, 5.41) is 6.64. The molecule has 3 heteroatoms. The van der Waals surface area contributed by atoms with Gasteiger partial charge in [-0.1, -0.05) is 48.5 Å². The van der Waals surface area contributed by atoms with Gasteiger partial charge in [0.2, 0.25) is 0 Å². The first-order valence-electron chi connectivity index (χ1n) is 8.40. The van der Waals surface area contributed by atoms with E-state index in [4.69, 9.17) is 0 Å². The predicted octanol–water partition coefficient (Wildman–Crippen LogP) is 3.15. The van der Waals surface area contributed by atoms with Crippen LogP contribution in [0.1, 0.15) is 41.3 Å². The molecule has 23 heavy (non-hydrogen) atoms. The van der Waals surface area contributed by atoms with Crippen molar-refractivity contribution in [1.82, 2.24) is 10.6 Å². The molecule has 0 spiro atoms. The van der Waals surface area contributed by atoms with E-state index in [0.717, 1.165) is 36.9 Å². The van der Waals surface area contributed by atoms with Crippen molar-refractivity contribution in [2.24, 2.45) is 0 Å². The van der Waals surface area contributed by atoms with Crippen molar-refractivity contribution < 1.29 is 4.79 Å². The molecule has 2 atom stereocenters. The number of hydrogen-bond donors (Lipinski definition) is 2. The highest BCUT2D eigenvalue weighted by molar-refractivity contribution is 5.96. The minimum atomic E-state index is 0.0390. The van der Waals surface area contributed by atoms with Gasteiger partial charge in [0, 0.05) is 17.6 Å². The normalized spacial score (nSPS) is 20.9. The summed E-state index contributed by atoms with van der Waals surface area (Å²) in [5.74, 6) is 0.0390. The molecule has 1 saturated heterocycles. The molecule has 1 fully saturated rings. The molecule has 0 aromatic heterocycles. The van der Waals surface area contributed by atoms with Crippen LogP contribution in [-0.4, -0.2) is 24.5 Å². The van der Waals surface area contributed by atoms with Crippen molar-refractivity contribution in [3.63, 3.8) is 0 Å². The summed E-state index contributed by atoms with van der Waals surface area (Å²) in [6.07, 6.45) is 2.94. The van der Waals surface area contributed by atoms with Gasteiger partial charge < -0.3 is 10.6 Å². The monoisotopic (exact) mass is 308 g/mol. The number of rotatable bonds is 4. The second-order valence-electron chi connectivity index (χ2n) is 6.28. The summed E-state index contributed by atoms with van der Waals surface area (Å²) in [7, 11) is 0. The van der Waals surface area contributed by atoms with Crippen LogP contribution in [0.4, 0.5) is 0 Å². The van der Waals surface area contributed by atoms with Crippen LogP contribution >= 0.6 is 0 Å². The Hall–Kier alpha value is -2.13. The molecule has 0 bridgehead atoms. The Bertz CT molecular complexity index is 654. The summed E-state index contributed by atoms with van der Waals surface area (Å²) < 4.78 is 0. The van der Waals surface area contributed by atoms with Crippen molar-refractivity contribution in [2.45, 2.75) is 38.3 Å². The lowest BCUT2D eigenvalue weighted by Gasteiger charge is -2.30. The highest BCUT2D eigenvalue weighted by Crippen LogP contribution is 2.16. The summed E-state index contributed by atoms with van der Waals surface area (Å²) in [6, 6.07) is 18.7. The van der Waals surface area contributed by atoms with Gasteiger partial charge in [0.15, 0.2) is 0 Å². The molecular formula is C20H24N2O. The van der Waals surface area contributed by atoms with E-state index >= 15 is 0 Å². The van der Waals surface area contributed by atoms with Gasteiger partial charge in [-0.15, -0.1) is 0 Å². The quantitative estimate of drug-likeness (QED) is 0.911. The lowest BCUT2D eigenvalue weighted by Crippen LogP contribution is -2.52. The van der Waals surface area contributed by atoms with Gasteiger partial charge in [0.25, 0.3) is 5.91 Å². The van der Waals surface area contributed by atoms with E-state index in [2.05, 4.69) is 29.7 Å². The largest absolute Gasteiger partial charge is 0.348 e. The van der Waals surface area contributed by atoms with E-state index in [1.165, 1.54) is 5.56 Å². The van der Waals surface area contributed by atoms with E-state index in [1.54, 1.807) is 0 Å². The average Bonchev–Trinajstić information content (AvgIpc) is 2.58. The van der Waals surface area contributed by atoms with E-state index < -0.39 is 0 Å². The summed E-state index contributed by atoms with van der Waals surface area (Å²) in [4.78, 5) is 12.7. The molecule has 0 aliphatic carbocycles. The van der Waals surface area contributed by atoms with Crippen molar-refractivity contribution >= 4 is 5.91 Å². The van der Waals surface area contributed by atoms with Crippen LogP contribution in [0, 0.1) is 0 Å². The van der Waals surface area contributed by atoms with Crippen LogP contribution in [-0.2, 0) is 6.42 Å². The molecule has 2 N–H and O–H groups in total. The van der Waals surface area contributed by atoms with E-state index in [-0.39, 0.29) is 11.9 Å². The highest BCUT2D eigenvalue weighted by Gasteiger charge is 2.23. The first kappa shape index (κ1) is 15.8. The zero-order valence-corrected chi connectivity index (χ0v) is 13.6. The Morgan fingerprint density at radius 3 is 2.65 bits per heavy atom. The van der Waals surface area contributed by atoms with Crippen molar-refractivity contribution in [3.05, 3.63) is 71.3 Å². The summed E-state index contributed by atoms with van der Waals surface area (Å²) in [6.45, 7) is 3.18. The Balaban J connectivity index is 1.75. The smallest absolute Gasteiger partial charge is 0.251 e. The topological polar surface area (TPSA) is 41.1 Å². The second-order valence-corrected chi connectivity index (χ2v) is 6.28. The maximum atomic E-state index is 12.7. The predicted molar refractivity (Wildman–Crippen MR) is 93.6 cm³/mol. The highest BCUT2D eigenvalue weighted by atomic mass is 16.1. The lowest BCUT2D eigenvalue weighted by atomic mass is 9.97. The second kappa shape index (κ2) is 7.42. The van der Waals surface area contributed by atoms with Crippen LogP contribution in [0.5, 0.6) is 0 Å². The Labute approximate surface area is 138 Å². The van der Waals surface area contributed by atoms with E-state index in [0.29, 0.717) is 6.04 Å². The number of hydrogen-bond acceptors (Lipinski definition) is 2. The average molecular weight is 308 g/mol. The Morgan fingerprint density at radius 1 is 1.13 bits per heavy atom. The molecule has 0 radical (unpaired) electrons. The standard InChI is InChI=1S/C20H24N2O/c1-15-19(12-7-13-21-15)22-20(23)18-11-6-5-10-17(18)14-16-8-3-2-4-9-16/h2-6,8-11,15,19,21H,7,12-14H2,1H3,(H,22,23). The molecular weight excluding hydrogens is 284 g/mol. The molecule has 2 aromatic carbocycles. The van der Waals surface area contributed by atoms with Gasteiger partial charge in [-0.2, -0.15) is 0 Å². The maximum Gasteiger partial charge on any atom is 0.251 e. The Kier molecular flexibility index (Phi) is 5.09. The molecule has 3 rings (SSSR count). The Morgan fingerprint density at radius 2 is 1.87 bits per heavy atom. The van der Waals surface area contributed by atoms with Crippen LogP contribution in [0.3, 0.4) is 0 Å². The molecule has 0 saturated carbocycles. The minimum absolute atomic E-state index is 0.0390. The van der Waals surface area contributed by atoms with Gasteiger partial charge in [-0.25, -0.2) is 0 Å². The first-order valence-corrected chi connectivity index (χ1v) is 8.40. The molecule has 1 heterocycles. The SMILES string of the molecule is CC1NCCCC1NC(=O)c1ccccc1Cc1ccccc1. The summed E-state index contributed by atoms with van der Waals surface area (Å²) >= 11 is 0. The first-order chi connectivity index (χ1) is 11.2. The number of piperidine rings is 1. The molecule has 120 valence electrons. The van der Waals surface area contributed by atoms with Gasteiger partial charge in [0.1, 0.15) is 0 Å². The van der Waals surface area contributed by atoms with E-state index in [9.17, 15) is 4.79 Å². The third kappa shape index (κ3) is 3.99. The molecule has 1 aliphatic rings. The van der Waals surface area contributed by atoms with Crippen molar-refractivity contribution in [2.75, 3.05) is 6.54 Å². The van der Waals surface area contributed by atoms with E-state index in [1.807, 2.05) is 42.5 Å². The number of carbonyl (C=O) groups is 1. The van der Waals surface area contributed by atoms with Crippen LogP contribution in [0.2, 0.25) is 0 Å². The third-order valence-corrected chi connectivity index (χ3v) is 4.58. The number of benzene rings is 2. The van der Waals surface area contributed by atoms with Gasteiger partial charge >= 0.3 is 0 Å². The van der Waals surface area contributed by atoms with Gasteiger partial charge in [0.05, 0.1) is 0 Å². The van der Waals surface area contributed by atoms with Crippen LogP contribution < -0.4 is 10.6 Å². The fourth-order valence-corrected chi connectivity index (χ4v) is 3.20. The van der Waals surface area contributed by atoms with Crippen molar-refractivity contribution in [1.29, 1.82) is 0 Å². The molecule has 1 amide bonds. The lowest BCUT2D eigenvalue weighted by molar-refractivity contribution is 0.0919. The molecule has 1 aliphatic heterocycles.